The molecule has 1 aliphatic rings. The molecule has 2 nitrogen and oxygen atoms in total. The Morgan fingerprint density at radius 2 is 1.02 bits per heavy atom. The number of benzene rings is 8. The summed E-state index contributed by atoms with van der Waals surface area (Å²) in [4.78, 5) is 0. The molecular formula is C44H27NO. The van der Waals surface area contributed by atoms with Crippen molar-refractivity contribution in [3.8, 4) is 50.6 Å². The Balaban J connectivity index is 1.16. The van der Waals surface area contributed by atoms with Gasteiger partial charge in [0.2, 0.25) is 0 Å². The van der Waals surface area contributed by atoms with Gasteiger partial charge in [0.1, 0.15) is 11.5 Å². The van der Waals surface area contributed by atoms with Gasteiger partial charge in [0.05, 0.1) is 11.0 Å². The highest BCUT2D eigenvalue weighted by Gasteiger charge is 2.22. The lowest BCUT2D eigenvalue weighted by atomic mass is 9.89. The van der Waals surface area contributed by atoms with Crippen LogP contribution in [0.4, 0.5) is 0 Å². The van der Waals surface area contributed by atoms with Crippen LogP contribution < -0.4 is 4.74 Å². The molecule has 0 amide bonds. The van der Waals surface area contributed by atoms with Crippen LogP contribution in [-0.2, 0) is 0 Å². The zero-order chi connectivity index (χ0) is 30.2. The number of nitrogens with zero attached hydrogens (tertiary/aromatic N) is 1. The van der Waals surface area contributed by atoms with E-state index in [1.807, 2.05) is 12.1 Å². The monoisotopic (exact) mass is 585 g/mol. The lowest BCUT2D eigenvalue weighted by Gasteiger charge is -2.22. The summed E-state index contributed by atoms with van der Waals surface area (Å²) in [6.07, 6.45) is 0. The Morgan fingerprint density at radius 1 is 0.370 bits per heavy atom. The molecule has 0 unspecified atom stereocenters. The SMILES string of the molecule is c1ccc(-n2c3ccccc3c3cc(-c4ccc(-c5ccc6c7c(cccc57)-c5ccccc5O6)cc4)c4ccccc4c32)cc1. The molecule has 0 saturated heterocycles. The molecule has 46 heavy (non-hydrogen) atoms. The molecule has 0 fully saturated rings. The molecule has 1 aliphatic heterocycles. The van der Waals surface area contributed by atoms with Crippen molar-refractivity contribution in [2.75, 3.05) is 0 Å². The number of para-hydroxylation sites is 3. The zero-order valence-corrected chi connectivity index (χ0v) is 24.9. The van der Waals surface area contributed by atoms with Crippen LogP contribution in [0.15, 0.2) is 164 Å². The first kappa shape index (κ1) is 25.2. The van der Waals surface area contributed by atoms with Gasteiger partial charge in [-0.05, 0) is 75.0 Å². The number of aromatic nitrogens is 1. The van der Waals surface area contributed by atoms with Crippen LogP contribution in [-0.4, -0.2) is 4.57 Å². The fourth-order valence-corrected chi connectivity index (χ4v) is 7.57. The first-order valence-corrected chi connectivity index (χ1v) is 15.8. The molecule has 1 aromatic heterocycles. The number of ether oxygens (including phenoxy) is 1. The number of hydrogen-bond acceptors (Lipinski definition) is 1. The van der Waals surface area contributed by atoms with Gasteiger partial charge < -0.3 is 9.30 Å². The van der Waals surface area contributed by atoms with Gasteiger partial charge in [0.25, 0.3) is 0 Å². The minimum Gasteiger partial charge on any atom is -0.456 e. The van der Waals surface area contributed by atoms with Crippen molar-refractivity contribution < 1.29 is 4.74 Å². The zero-order valence-electron chi connectivity index (χ0n) is 24.9. The molecule has 0 aliphatic carbocycles. The second-order valence-corrected chi connectivity index (χ2v) is 12.1. The Morgan fingerprint density at radius 3 is 1.87 bits per heavy atom. The Kier molecular flexibility index (Phi) is 5.31. The fourth-order valence-electron chi connectivity index (χ4n) is 7.57. The van der Waals surface area contributed by atoms with Crippen molar-refractivity contribution in [1.82, 2.24) is 4.57 Å². The molecule has 8 aromatic carbocycles. The lowest BCUT2D eigenvalue weighted by molar-refractivity contribution is 0.487. The van der Waals surface area contributed by atoms with E-state index in [1.165, 1.54) is 76.9 Å². The van der Waals surface area contributed by atoms with Crippen LogP contribution in [0.5, 0.6) is 11.5 Å². The van der Waals surface area contributed by atoms with Crippen LogP contribution in [0.25, 0.3) is 82.4 Å². The maximum Gasteiger partial charge on any atom is 0.135 e. The first-order valence-electron chi connectivity index (χ1n) is 15.8. The molecule has 0 spiro atoms. The van der Waals surface area contributed by atoms with E-state index in [0.29, 0.717) is 0 Å². The summed E-state index contributed by atoms with van der Waals surface area (Å²) in [6, 6.07) is 59.0. The first-order chi connectivity index (χ1) is 22.8. The second-order valence-electron chi connectivity index (χ2n) is 12.1. The molecule has 9 aromatic rings. The predicted molar refractivity (Wildman–Crippen MR) is 192 cm³/mol. The van der Waals surface area contributed by atoms with Gasteiger partial charge >= 0.3 is 0 Å². The minimum absolute atomic E-state index is 0.913. The van der Waals surface area contributed by atoms with Crippen LogP contribution in [0.2, 0.25) is 0 Å². The highest BCUT2D eigenvalue weighted by molar-refractivity contribution is 6.22. The maximum absolute atomic E-state index is 6.35. The van der Waals surface area contributed by atoms with Crippen molar-refractivity contribution >= 4 is 43.4 Å². The van der Waals surface area contributed by atoms with Crippen LogP contribution >= 0.6 is 0 Å². The summed E-state index contributed by atoms with van der Waals surface area (Å²) < 4.78 is 8.77. The van der Waals surface area contributed by atoms with Crippen LogP contribution in [0, 0.1) is 0 Å². The second kappa shape index (κ2) is 9.69. The van der Waals surface area contributed by atoms with E-state index in [9.17, 15) is 0 Å². The predicted octanol–water partition coefficient (Wildman–Crippen LogP) is 12.2. The molecule has 0 atom stereocenters. The van der Waals surface area contributed by atoms with Crippen LogP contribution in [0.3, 0.4) is 0 Å². The molecular weight excluding hydrogens is 558 g/mol. The fraction of sp³-hybridized carbons (Fsp3) is 0. The summed E-state index contributed by atoms with van der Waals surface area (Å²) in [6.45, 7) is 0. The molecule has 10 rings (SSSR count). The summed E-state index contributed by atoms with van der Waals surface area (Å²) in [5.41, 5.74) is 10.9. The molecule has 0 saturated carbocycles. The normalized spacial score (nSPS) is 12.1. The molecule has 0 radical (unpaired) electrons. The van der Waals surface area contributed by atoms with E-state index in [0.717, 1.165) is 17.1 Å². The Hall–Kier alpha value is -6.12. The van der Waals surface area contributed by atoms with Crippen molar-refractivity contribution in [3.05, 3.63) is 164 Å². The van der Waals surface area contributed by atoms with E-state index in [2.05, 4.69) is 156 Å². The molecule has 0 N–H and O–H groups in total. The van der Waals surface area contributed by atoms with Crippen molar-refractivity contribution in [1.29, 1.82) is 0 Å². The topological polar surface area (TPSA) is 14.2 Å². The summed E-state index contributed by atoms with van der Waals surface area (Å²) in [7, 11) is 0. The van der Waals surface area contributed by atoms with Gasteiger partial charge in [-0.25, -0.2) is 0 Å². The van der Waals surface area contributed by atoms with Gasteiger partial charge in [-0.3, -0.25) is 0 Å². The van der Waals surface area contributed by atoms with Crippen molar-refractivity contribution in [3.63, 3.8) is 0 Å². The van der Waals surface area contributed by atoms with E-state index < -0.39 is 0 Å². The minimum atomic E-state index is 0.913. The smallest absolute Gasteiger partial charge is 0.135 e. The maximum atomic E-state index is 6.35. The molecule has 2 heteroatoms. The number of rotatable bonds is 3. The third-order valence-corrected chi connectivity index (χ3v) is 9.60. The third kappa shape index (κ3) is 3.59. The molecule has 214 valence electrons. The molecule has 2 heterocycles. The molecule has 0 bridgehead atoms. The highest BCUT2D eigenvalue weighted by atomic mass is 16.5. The third-order valence-electron chi connectivity index (χ3n) is 9.60. The summed E-state index contributed by atoms with van der Waals surface area (Å²) in [5, 5.41) is 7.41. The van der Waals surface area contributed by atoms with Gasteiger partial charge in [-0.1, -0.05) is 127 Å². The quantitative estimate of drug-likeness (QED) is 0.201. The summed E-state index contributed by atoms with van der Waals surface area (Å²) >= 11 is 0. The van der Waals surface area contributed by atoms with E-state index in [4.69, 9.17) is 4.74 Å². The number of fused-ring (bicyclic) bond motifs is 7. The lowest BCUT2D eigenvalue weighted by Crippen LogP contribution is -1.97. The van der Waals surface area contributed by atoms with Gasteiger partial charge in [0.15, 0.2) is 0 Å². The van der Waals surface area contributed by atoms with E-state index in [1.54, 1.807) is 0 Å². The van der Waals surface area contributed by atoms with Gasteiger partial charge in [-0.15, -0.1) is 0 Å². The van der Waals surface area contributed by atoms with Gasteiger partial charge in [0, 0.05) is 32.8 Å². The number of hydrogen-bond donors (Lipinski definition) is 0. The van der Waals surface area contributed by atoms with Gasteiger partial charge in [-0.2, -0.15) is 0 Å². The highest BCUT2D eigenvalue weighted by Crippen LogP contribution is 2.48. The Bertz CT molecular complexity index is 2650. The average molecular weight is 586 g/mol. The standard InChI is InChI=1S/C44H27NO/c1-2-11-30(12-3-1)45-40-19-8-6-14-33(40)39-27-38(32-13-4-5-16-37(32)44(39)45)29-23-21-28(22-24-29)31-25-26-42-43-35(31)17-10-18-36(43)34-15-7-9-20-41(34)46-42/h1-27H. The van der Waals surface area contributed by atoms with Crippen molar-refractivity contribution in [2.45, 2.75) is 0 Å². The largest absolute Gasteiger partial charge is 0.456 e. The van der Waals surface area contributed by atoms with E-state index in [-0.39, 0.29) is 0 Å². The average Bonchev–Trinajstić information content (AvgIpc) is 3.47. The van der Waals surface area contributed by atoms with Crippen LogP contribution in [0.1, 0.15) is 0 Å². The Labute approximate surface area is 266 Å². The van der Waals surface area contributed by atoms with Crippen molar-refractivity contribution in [2.24, 2.45) is 0 Å². The summed E-state index contributed by atoms with van der Waals surface area (Å²) in [5.74, 6) is 1.83. The van der Waals surface area contributed by atoms with E-state index >= 15 is 0 Å².